The first-order valence-corrected chi connectivity index (χ1v) is 6.86. The van der Waals surface area contributed by atoms with Crippen LogP contribution in [0.3, 0.4) is 0 Å². The van der Waals surface area contributed by atoms with Gasteiger partial charge in [0, 0.05) is 27.7 Å². The molecular weight excluding hydrogens is 299 g/mol. The number of nitrogens with zero attached hydrogens (tertiary/aromatic N) is 1. The highest BCUT2D eigenvalue weighted by atomic mass is 35.5. The maximum Gasteiger partial charge on any atom is 0.224 e. The number of aryl methyl sites for hydroxylation is 2. The number of benzene rings is 1. The molecular formula is C14H14Cl2N2O2. The van der Waals surface area contributed by atoms with Crippen LogP contribution in [-0.4, -0.2) is 11.1 Å². The fraction of sp³-hybridized carbons (Fsp3) is 0.286. The second-order valence-electron chi connectivity index (χ2n) is 4.46. The molecule has 0 radical (unpaired) electrons. The van der Waals surface area contributed by atoms with Crippen LogP contribution in [0.5, 0.6) is 0 Å². The van der Waals surface area contributed by atoms with Crippen molar-refractivity contribution in [1.82, 2.24) is 10.5 Å². The summed E-state index contributed by atoms with van der Waals surface area (Å²) in [5, 5.41) is 7.69. The van der Waals surface area contributed by atoms with Crippen LogP contribution < -0.4 is 5.32 Å². The van der Waals surface area contributed by atoms with Crippen LogP contribution in [-0.2, 0) is 17.8 Å². The van der Waals surface area contributed by atoms with Crippen molar-refractivity contribution in [3.8, 4) is 0 Å². The van der Waals surface area contributed by atoms with E-state index in [1.165, 1.54) is 0 Å². The number of hydrogen-bond acceptors (Lipinski definition) is 3. The summed E-state index contributed by atoms with van der Waals surface area (Å²) in [6.07, 6.45) is 0.225. The highest BCUT2D eigenvalue weighted by Crippen LogP contribution is 2.23. The number of halogens is 2. The average molecular weight is 313 g/mol. The third-order valence-corrected chi connectivity index (χ3v) is 3.75. The Bertz CT molecular complexity index is 598. The number of carbonyl (C=O) groups excluding carboxylic acids is 1. The van der Waals surface area contributed by atoms with Gasteiger partial charge in [0.15, 0.2) is 0 Å². The molecule has 1 heterocycles. The quantitative estimate of drug-likeness (QED) is 0.940. The maximum absolute atomic E-state index is 11.9. The molecule has 20 heavy (non-hydrogen) atoms. The van der Waals surface area contributed by atoms with Crippen molar-refractivity contribution in [1.29, 1.82) is 0 Å². The summed E-state index contributed by atoms with van der Waals surface area (Å²) in [6.45, 7) is 3.89. The molecule has 0 saturated heterocycles. The Kier molecular flexibility index (Phi) is 4.68. The lowest BCUT2D eigenvalue weighted by atomic mass is 10.1. The lowest BCUT2D eigenvalue weighted by Crippen LogP contribution is -2.25. The minimum atomic E-state index is -0.129. The first-order valence-electron chi connectivity index (χ1n) is 6.10. The van der Waals surface area contributed by atoms with E-state index in [0.29, 0.717) is 27.9 Å². The number of hydrogen-bond donors (Lipinski definition) is 1. The van der Waals surface area contributed by atoms with Crippen molar-refractivity contribution in [3.05, 3.63) is 50.8 Å². The van der Waals surface area contributed by atoms with Crippen molar-refractivity contribution < 1.29 is 9.32 Å². The van der Waals surface area contributed by atoms with Gasteiger partial charge in [-0.05, 0) is 26.0 Å². The first kappa shape index (κ1) is 14.9. The minimum Gasteiger partial charge on any atom is -0.361 e. The van der Waals surface area contributed by atoms with Gasteiger partial charge in [-0.3, -0.25) is 4.79 Å². The first-order chi connectivity index (χ1) is 9.49. The Morgan fingerprint density at radius 3 is 2.45 bits per heavy atom. The van der Waals surface area contributed by atoms with E-state index in [-0.39, 0.29) is 12.3 Å². The van der Waals surface area contributed by atoms with Crippen molar-refractivity contribution in [3.63, 3.8) is 0 Å². The molecule has 6 heteroatoms. The lowest BCUT2D eigenvalue weighted by Gasteiger charge is -2.08. The molecule has 0 bridgehead atoms. The number of amides is 1. The molecule has 0 aliphatic rings. The molecule has 0 atom stereocenters. The van der Waals surface area contributed by atoms with Crippen LogP contribution in [0.15, 0.2) is 22.7 Å². The summed E-state index contributed by atoms with van der Waals surface area (Å²) < 4.78 is 5.02. The Hall–Kier alpha value is -1.52. The summed E-state index contributed by atoms with van der Waals surface area (Å²) in [4.78, 5) is 11.9. The fourth-order valence-corrected chi connectivity index (χ4v) is 2.40. The topological polar surface area (TPSA) is 55.1 Å². The number of aromatic nitrogens is 1. The Labute approximate surface area is 127 Å². The summed E-state index contributed by atoms with van der Waals surface area (Å²) in [7, 11) is 0. The van der Waals surface area contributed by atoms with Crippen molar-refractivity contribution in [2.75, 3.05) is 0 Å². The van der Waals surface area contributed by atoms with Crippen LogP contribution in [0.4, 0.5) is 0 Å². The molecule has 106 valence electrons. The number of carbonyl (C=O) groups is 1. The normalized spacial score (nSPS) is 10.6. The summed E-state index contributed by atoms with van der Waals surface area (Å²) in [5.74, 6) is 0.531. The van der Waals surface area contributed by atoms with Gasteiger partial charge in [-0.25, -0.2) is 0 Å². The molecule has 0 aliphatic heterocycles. The van der Waals surface area contributed by atoms with Crippen LogP contribution >= 0.6 is 23.2 Å². The zero-order chi connectivity index (χ0) is 14.7. The molecule has 0 unspecified atom stereocenters. The van der Waals surface area contributed by atoms with E-state index in [1.54, 1.807) is 25.1 Å². The van der Waals surface area contributed by atoms with Gasteiger partial charge >= 0.3 is 0 Å². The second kappa shape index (κ2) is 6.29. The number of nitrogens with one attached hydrogen (secondary N) is 1. The number of rotatable bonds is 4. The second-order valence-corrected chi connectivity index (χ2v) is 5.27. The third kappa shape index (κ3) is 3.32. The van der Waals surface area contributed by atoms with E-state index in [4.69, 9.17) is 27.7 Å². The van der Waals surface area contributed by atoms with E-state index in [1.807, 2.05) is 6.92 Å². The lowest BCUT2D eigenvalue weighted by molar-refractivity contribution is -0.120. The predicted octanol–water partition coefficient (Wildman–Crippen LogP) is 3.46. The van der Waals surface area contributed by atoms with E-state index in [9.17, 15) is 4.79 Å². The third-order valence-electron chi connectivity index (χ3n) is 3.04. The molecule has 4 nitrogen and oxygen atoms in total. The SMILES string of the molecule is Cc1noc(C)c1CC(=O)NCc1c(Cl)cccc1Cl. The monoisotopic (exact) mass is 312 g/mol. The molecule has 2 aromatic rings. The maximum atomic E-state index is 11.9. The van der Waals surface area contributed by atoms with Gasteiger partial charge in [-0.1, -0.05) is 34.4 Å². The molecule has 0 spiro atoms. The van der Waals surface area contributed by atoms with Crippen LogP contribution in [0.1, 0.15) is 22.6 Å². The average Bonchev–Trinajstić information content (AvgIpc) is 2.70. The molecule has 0 aliphatic carbocycles. The molecule has 1 amide bonds. The van der Waals surface area contributed by atoms with Gasteiger partial charge < -0.3 is 9.84 Å². The standard InChI is InChI=1S/C14H14Cl2N2O2/c1-8-10(9(2)20-18-8)6-14(19)17-7-11-12(15)4-3-5-13(11)16/h3-5H,6-7H2,1-2H3,(H,17,19). The van der Waals surface area contributed by atoms with Crippen molar-refractivity contribution in [2.24, 2.45) is 0 Å². The molecule has 0 saturated carbocycles. The molecule has 1 aromatic heterocycles. The largest absolute Gasteiger partial charge is 0.361 e. The van der Waals surface area contributed by atoms with Crippen LogP contribution in [0.25, 0.3) is 0 Å². The van der Waals surface area contributed by atoms with Gasteiger partial charge in [-0.2, -0.15) is 0 Å². The molecule has 1 N–H and O–H groups in total. The fourth-order valence-electron chi connectivity index (χ4n) is 1.87. The Morgan fingerprint density at radius 1 is 1.25 bits per heavy atom. The van der Waals surface area contributed by atoms with E-state index >= 15 is 0 Å². The highest BCUT2D eigenvalue weighted by molar-refractivity contribution is 6.36. The van der Waals surface area contributed by atoms with Gasteiger partial charge in [-0.15, -0.1) is 0 Å². The zero-order valence-electron chi connectivity index (χ0n) is 11.2. The summed E-state index contributed by atoms with van der Waals surface area (Å²) in [6, 6.07) is 5.24. The minimum absolute atomic E-state index is 0.129. The molecule has 2 rings (SSSR count). The molecule has 0 fully saturated rings. The Balaban J connectivity index is 2.00. The smallest absolute Gasteiger partial charge is 0.224 e. The van der Waals surface area contributed by atoms with Gasteiger partial charge in [0.25, 0.3) is 0 Å². The Morgan fingerprint density at radius 2 is 1.90 bits per heavy atom. The summed E-state index contributed by atoms with van der Waals surface area (Å²) in [5.41, 5.74) is 2.25. The van der Waals surface area contributed by atoms with Crippen LogP contribution in [0.2, 0.25) is 10.0 Å². The van der Waals surface area contributed by atoms with Crippen molar-refractivity contribution in [2.45, 2.75) is 26.8 Å². The van der Waals surface area contributed by atoms with Crippen LogP contribution in [0, 0.1) is 13.8 Å². The van der Waals surface area contributed by atoms with E-state index in [2.05, 4.69) is 10.5 Å². The van der Waals surface area contributed by atoms with Crippen molar-refractivity contribution >= 4 is 29.1 Å². The predicted molar refractivity (Wildman–Crippen MR) is 78.0 cm³/mol. The van der Waals surface area contributed by atoms with Gasteiger partial charge in [0.2, 0.25) is 5.91 Å². The summed E-state index contributed by atoms with van der Waals surface area (Å²) >= 11 is 12.1. The molecule has 1 aromatic carbocycles. The van der Waals surface area contributed by atoms with E-state index < -0.39 is 0 Å². The highest BCUT2D eigenvalue weighted by Gasteiger charge is 2.14. The van der Waals surface area contributed by atoms with Gasteiger partial charge in [0.1, 0.15) is 5.76 Å². The van der Waals surface area contributed by atoms with E-state index in [0.717, 1.165) is 11.3 Å². The zero-order valence-corrected chi connectivity index (χ0v) is 12.7. The van der Waals surface area contributed by atoms with Gasteiger partial charge in [0.05, 0.1) is 12.1 Å².